The summed E-state index contributed by atoms with van der Waals surface area (Å²) < 4.78 is 138. The molecule has 1 aliphatic rings. The lowest BCUT2D eigenvalue weighted by Gasteiger charge is -2.32. The highest BCUT2D eigenvalue weighted by atomic mass is 32.2. The van der Waals surface area contributed by atoms with Gasteiger partial charge in [0.1, 0.15) is 65.7 Å². The summed E-state index contributed by atoms with van der Waals surface area (Å²) in [6.07, 6.45) is 7.16. The summed E-state index contributed by atoms with van der Waals surface area (Å²) in [5.41, 5.74) is 27.8. The third-order valence-electron chi connectivity index (χ3n) is 24.0. The number of esters is 1. The van der Waals surface area contributed by atoms with Crippen LogP contribution in [-0.2, 0) is 74.2 Å². The van der Waals surface area contributed by atoms with E-state index in [4.69, 9.17) is 40.2 Å². The van der Waals surface area contributed by atoms with Crippen LogP contribution in [0.15, 0.2) is 198 Å². The molecule has 3 heterocycles. The van der Waals surface area contributed by atoms with Gasteiger partial charge in [0, 0.05) is 136 Å². The zero-order valence-electron chi connectivity index (χ0n) is 82.4. The first-order valence-corrected chi connectivity index (χ1v) is 50.3. The monoisotopic (exact) mass is 1970 g/mol. The maximum Gasteiger partial charge on any atom is 0.408 e. The quantitative estimate of drug-likeness (QED) is 0.0138. The van der Waals surface area contributed by atoms with Crippen LogP contribution in [0.2, 0.25) is 0 Å². The van der Waals surface area contributed by atoms with Crippen molar-refractivity contribution in [3.8, 4) is 22.9 Å². The van der Waals surface area contributed by atoms with Crippen molar-refractivity contribution >= 4 is 45.5 Å². The van der Waals surface area contributed by atoms with Crippen molar-refractivity contribution in [2.75, 3.05) is 64.8 Å². The van der Waals surface area contributed by atoms with E-state index >= 15 is 0 Å². The average molecular weight is 1980 g/mol. The van der Waals surface area contributed by atoms with E-state index in [0.717, 1.165) is 84.7 Å². The number of halogens is 6. The summed E-state index contributed by atoms with van der Waals surface area (Å²) in [6, 6.07) is 38.0. The molecule has 141 heavy (non-hydrogen) atoms. The minimum absolute atomic E-state index is 0.0102. The Morgan fingerprint density at radius 1 is 0.489 bits per heavy atom. The number of aliphatic hydroxyl groups excluding tert-OH is 2. The van der Waals surface area contributed by atoms with Gasteiger partial charge in [-0.1, -0.05) is 162 Å². The van der Waals surface area contributed by atoms with E-state index in [9.17, 15) is 73.7 Å². The predicted molar refractivity (Wildman–Crippen MR) is 531 cm³/mol. The Hall–Kier alpha value is -12.0. The number of alkyl carbamates (subject to hydrolysis) is 1. The molecule has 2 aromatic heterocycles. The van der Waals surface area contributed by atoms with Gasteiger partial charge in [-0.05, 0) is 199 Å². The largest absolute Gasteiger partial charge is 0.456 e. The van der Waals surface area contributed by atoms with Crippen LogP contribution >= 0.6 is 0 Å². The number of aromatic nitrogens is 2. The molecule has 0 bridgehead atoms. The molecule has 11 rings (SSSR count). The summed E-state index contributed by atoms with van der Waals surface area (Å²) in [5, 5.41) is 27.6. The number of aryl methyl sites for hydroxylation is 1. The lowest BCUT2D eigenvalue weighted by Crippen LogP contribution is -2.55. The van der Waals surface area contributed by atoms with E-state index in [-0.39, 0.29) is 105 Å². The first-order chi connectivity index (χ1) is 67.4. The molecule has 0 spiro atoms. The molecule has 0 radical (unpaired) electrons. The molecule has 762 valence electrons. The Kier molecular flexibility index (Phi) is 44.8. The van der Waals surface area contributed by atoms with E-state index in [1.807, 2.05) is 103 Å². The topological polar surface area (TPSA) is 372 Å². The van der Waals surface area contributed by atoms with Crippen LogP contribution in [0, 0.1) is 34.9 Å². The first kappa shape index (κ1) is 113. The number of nitrogens with one attached hydrogen (secondary N) is 2. The average Bonchev–Trinajstić information content (AvgIpc) is 1.72. The van der Waals surface area contributed by atoms with Gasteiger partial charge in [0.25, 0.3) is 17.7 Å². The maximum atomic E-state index is 14.4. The fourth-order valence-corrected chi connectivity index (χ4v) is 18.9. The van der Waals surface area contributed by atoms with Crippen molar-refractivity contribution in [1.82, 2.24) is 40.2 Å². The van der Waals surface area contributed by atoms with Gasteiger partial charge in [0.15, 0.2) is 9.84 Å². The molecule has 8 aromatic carbocycles. The van der Waals surface area contributed by atoms with Crippen LogP contribution in [0.4, 0.5) is 31.1 Å². The van der Waals surface area contributed by atoms with Crippen molar-refractivity contribution < 1.29 is 96.8 Å². The zero-order chi connectivity index (χ0) is 103. The van der Waals surface area contributed by atoms with E-state index in [2.05, 4.69) is 60.4 Å². The van der Waals surface area contributed by atoms with Gasteiger partial charge < -0.3 is 80.7 Å². The molecule has 10 N–H and O–H groups in total. The van der Waals surface area contributed by atoms with Gasteiger partial charge in [0.05, 0.1) is 54.4 Å². The van der Waals surface area contributed by atoms with Crippen LogP contribution in [0.5, 0.6) is 0 Å². The zero-order valence-corrected chi connectivity index (χ0v) is 83.2. The molecule has 33 heteroatoms. The number of hydrogen-bond acceptors (Lipinski definition) is 21. The summed E-state index contributed by atoms with van der Waals surface area (Å²) in [5.74, 6) is -6.36. The highest BCUT2D eigenvalue weighted by Crippen LogP contribution is 2.30. The fourth-order valence-electron chi connectivity index (χ4n) is 16.8. The molecule has 1 aliphatic heterocycles. The Balaban J connectivity index is 0.000000236. The van der Waals surface area contributed by atoms with Gasteiger partial charge in [-0.3, -0.25) is 19.2 Å². The number of rotatable bonds is 49. The Labute approximate surface area is 823 Å². The maximum absolute atomic E-state index is 14.4. The van der Waals surface area contributed by atoms with Crippen LogP contribution < -0.4 is 27.8 Å². The van der Waals surface area contributed by atoms with Crippen LogP contribution in [0.25, 0.3) is 22.9 Å². The van der Waals surface area contributed by atoms with Crippen LogP contribution in [0.3, 0.4) is 0 Å². The standard InChI is InChI=1S/2C37H44F2N4O4.C34H49F2N3O7S/c1-5-11-43(12-6-2)36(44)29-18-28(35-42-10-13-46-35)19-30(20-29)37(45)47-34(33(40)17-26-15-31(38)21-32(39)16-26)23-41-22-25-8-7-9-27(14-25)24(3)4;1-5-11-42(12-6-2)36(45)29-18-28(35-41-10-13-47-35)19-30(20-29)37(46)43(22-25-8-7-9-27(14-25)24(3)4)23-34(44)33(40)17-26-15-31(38)21-32(39)16-26;1-4-8-29(9-5-2)47(43,44)22-31(38-34(42)46-28-12-13-45-21-28)33(41)39(19-24-11-7-10-23(6-3)14-24)20-32(40)30(37)17-25-15-26(35)18-27(36)16-25/h7-10,13-16,18-21,24,33-34,41H,5-6,11-12,17,22-23,40H2,1-4H3;7-10,13-16,18-21,24,33-34,44H,5-6,11-12,17,22-23,40H2,1-4H3;7,10-11,14-16,18,28-32,40H,4-6,8-9,12-13,17,19-22,37H2,1-3H3,(H,38,42)/t2*33-,34+;28-,30-,31-,32+/m000/s1. The van der Waals surface area contributed by atoms with Gasteiger partial charge in [-0.25, -0.2) is 54.3 Å². The molecule has 10 aromatic rings. The summed E-state index contributed by atoms with van der Waals surface area (Å²) in [4.78, 5) is 97.5. The Bertz CT molecular complexity index is 5720. The SMILES string of the molecule is CCCC(CCC)S(=O)(=O)C[C@H](NC(=O)O[C@H]1CCOC1)C(=O)N(Cc1cccc(CC)c1)C[C@@H](O)[C@@H](N)Cc1cc(F)cc(F)c1.CCCN(CCC)C(=O)c1cc(C(=O)N(Cc2cccc(C(C)C)c2)C[C@@H](O)[C@@H](N)Cc2cc(F)cc(F)c2)cc(-c2ncco2)c1.CCCN(CCC)C(=O)c1cc(C(=O)O[C@H](CNCc2cccc(C(C)C)c2)[C@@H](N)Cc2cc(F)cc(F)c2)cc(-c2ncco2)c1. The van der Waals surface area contributed by atoms with Crippen LogP contribution in [-0.4, -0.2) is 203 Å². The molecular formula is C108H137F6N11O15S. The number of ether oxygens (including phenoxy) is 3. The highest BCUT2D eigenvalue weighted by Gasteiger charge is 2.38. The normalized spacial score (nSPS) is 14.0. The van der Waals surface area contributed by atoms with Crippen molar-refractivity contribution in [3.05, 3.63) is 296 Å². The lowest BCUT2D eigenvalue weighted by molar-refractivity contribution is -0.135. The summed E-state index contributed by atoms with van der Waals surface area (Å²) >= 11 is 0. The van der Waals surface area contributed by atoms with E-state index in [1.165, 1.54) is 70.6 Å². The number of amides is 5. The molecule has 8 atom stereocenters. The number of benzene rings is 8. The molecule has 1 fully saturated rings. The second kappa shape index (κ2) is 56.0. The number of oxazole rings is 2. The molecule has 0 aliphatic carbocycles. The third kappa shape index (κ3) is 35.3. The van der Waals surface area contributed by atoms with Crippen molar-refractivity contribution in [1.29, 1.82) is 0 Å². The number of nitrogens with zero attached hydrogens (tertiary/aromatic N) is 6. The van der Waals surface area contributed by atoms with Crippen molar-refractivity contribution in [2.24, 2.45) is 17.2 Å². The van der Waals surface area contributed by atoms with E-state index in [0.29, 0.717) is 116 Å². The van der Waals surface area contributed by atoms with Crippen molar-refractivity contribution in [3.63, 3.8) is 0 Å². The summed E-state index contributed by atoms with van der Waals surface area (Å²) in [6.45, 7) is 25.3. The number of carbonyl (C=O) groups is 6. The van der Waals surface area contributed by atoms with E-state index < -0.39 is 128 Å². The van der Waals surface area contributed by atoms with Gasteiger partial charge in [-0.2, -0.15) is 0 Å². The molecule has 0 saturated carbocycles. The Morgan fingerprint density at radius 3 is 1.33 bits per heavy atom. The van der Waals surface area contributed by atoms with Gasteiger partial charge in [0.2, 0.25) is 17.7 Å². The molecule has 5 amide bonds. The third-order valence-corrected chi connectivity index (χ3v) is 26.3. The smallest absolute Gasteiger partial charge is 0.408 e. The Morgan fingerprint density at radius 2 is 0.901 bits per heavy atom. The van der Waals surface area contributed by atoms with Gasteiger partial charge in [-0.15, -0.1) is 0 Å². The molecule has 0 unspecified atom stereocenters. The van der Waals surface area contributed by atoms with E-state index in [1.54, 1.807) is 46.2 Å². The number of carbonyl (C=O) groups excluding carboxylic acids is 6. The number of nitrogens with two attached hydrogens (primary N) is 3. The predicted octanol–water partition coefficient (Wildman–Crippen LogP) is 17.5. The highest BCUT2D eigenvalue weighted by molar-refractivity contribution is 7.92. The summed E-state index contributed by atoms with van der Waals surface area (Å²) in [7, 11) is -3.88. The molecule has 1 saturated heterocycles. The minimum atomic E-state index is -3.88. The number of hydrogen-bond donors (Lipinski definition) is 7. The van der Waals surface area contributed by atoms with Gasteiger partial charge >= 0.3 is 12.1 Å². The van der Waals surface area contributed by atoms with Crippen molar-refractivity contribution in [2.45, 2.75) is 245 Å². The second-order valence-electron chi connectivity index (χ2n) is 36.5. The molecule has 26 nitrogen and oxygen atoms in total. The number of aliphatic hydroxyl groups is 2. The molecular weight excluding hydrogens is 1840 g/mol. The fraction of sp³-hybridized carbons (Fsp3) is 0.444. The number of sulfone groups is 1. The second-order valence-corrected chi connectivity index (χ2v) is 38.8. The first-order valence-electron chi connectivity index (χ1n) is 48.6. The lowest BCUT2D eigenvalue weighted by atomic mass is 9.99. The minimum Gasteiger partial charge on any atom is -0.456 e. The van der Waals surface area contributed by atoms with Crippen LogP contribution in [0.1, 0.15) is 237 Å².